The number of aliphatic hydroxyl groups is 1. The summed E-state index contributed by atoms with van der Waals surface area (Å²) in [6.07, 6.45) is 90.7. The number of carbonyl (C=O) groups excluding carboxylic acids is 1. The van der Waals surface area contributed by atoms with Gasteiger partial charge in [-0.2, -0.15) is 0 Å². The third kappa shape index (κ3) is 67.3. The van der Waals surface area contributed by atoms with Crippen LogP contribution in [0.4, 0.5) is 0 Å². The molecule has 3 atom stereocenters. The Bertz CT molecular complexity index is 1580. The Kier molecular flexibility index (Phi) is 62.8. The number of carbonyl (C=O) groups is 1. The van der Waals surface area contributed by atoms with Crippen LogP contribution in [0.15, 0.2) is 72.9 Å². The van der Waals surface area contributed by atoms with Gasteiger partial charge in [0.05, 0.1) is 39.9 Å². The van der Waals surface area contributed by atoms with E-state index in [0.29, 0.717) is 17.4 Å². The third-order valence-corrected chi connectivity index (χ3v) is 17.1. The summed E-state index contributed by atoms with van der Waals surface area (Å²) in [5, 5.41) is 14.0. The van der Waals surface area contributed by atoms with Crippen molar-refractivity contribution in [2.75, 3.05) is 40.9 Å². The molecule has 0 bridgehead atoms. The second kappa shape index (κ2) is 64.4. The summed E-state index contributed by atoms with van der Waals surface area (Å²) in [6.45, 7) is 4.73. The largest absolute Gasteiger partial charge is 0.472 e. The molecule has 0 aromatic rings. The minimum atomic E-state index is -4.36. The van der Waals surface area contributed by atoms with E-state index in [4.69, 9.17) is 9.05 Å². The molecule has 0 aliphatic heterocycles. The van der Waals surface area contributed by atoms with E-state index in [-0.39, 0.29) is 19.1 Å². The highest BCUT2D eigenvalue weighted by molar-refractivity contribution is 7.47. The Morgan fingerprint density at radius 3 is 1.11 bits per heavy atom. The van der Waals surface area contributed by atoms with E-state index < -0.39 is 20.0 Å². The van der Waals surface area contributed by atoms with E-state index in [0.717, 1.165) is 64.2 Å². The molecule has 0 aliphatic carbocycles. The van der Waals surface area contributed by atoms with Gasteiger partial charge in [-0.05, 0) is 70.6 Å². The number of hydrogen-bond acceptors (Lipinski definition) is 5. The molecule has 0 aliphatic rings. The lowest BCUT2D eigenvalue weighted by Gasteiger charge is -2.25. The van der Waals surface area contributed by atoms with Gasteiger partial charge in [-0.3, -0.25) is 13.8 Å². The first kappa shape index (κ1) is 80.9. The number of amides is 1. The van der Waals surface area contributed by atoms with Gasteiger partial charge in [0.2, 0.25) is 5.91 Å². The van der Waals surface area contributed by atoms with Crippen molar-refractivity contribution in [2.24, 2.45) is 0 Å². The second-order valence-electron chi connectivity index (χ2n) is 25.6. The molecule has 0 aromatic carbocycles. The molecule has 9 heteroatoms. The van der Waals surface area contributed by atoms with Gasteiger partial charge in [0.15, 0.2) is 0 Å². The maximum atomic E-state index is 13.0. The van der Waals surface area contributed by atoms with Gasteiger partial charge in [0.25, 0.3) is 0 Å². The Morgan fingerprint density at radius 1 is 0.422 bits per heavy atom. The average Bonchev–Trinajstić information content (AvgIpc) is 3.50. The number of nitrogens with one attached hydrogen (secondary N) is 1. The van der Waals surface area contributed by atoms with Crippen LogP contribution in [0.25, 0.3) is 0 Å². The van der Waals surface area contributed by atoms with Crippen molar-refractivity contribution < 1.29 is 32.9 Å². The average molecular weight is 1180 g/mol. The highest BCUT2D eigenvalue weighted by Crippen LogP contribution is 2.43. The number of phosphoric ester groups is 1. The lowest BCUT2D eigenvalue weighted by Crippen LogP contribution is -2.45. The first-order chi connectivity index (χ1) is 40.5. The molecule has 0 heterocycles. The number of unbranched alkanes of at least 4 members (excludes halogenated alkanes) is 43. The van der Waals surface area contributed by atoms with E-state index in [1.165, 1.54) is 257 Å². The highest BCUT2D eigenvalue weighted by atomic mass is 31.2. The maximum Gasteiger partial charge on any atom is 0.472 e. The van der Waals surface area contributed by atoms with Crippen molar-refractivity contribution in [2.45, 2.75) is 353 Å². The van der Waals surface area contributed by atoms with E-state index in [1.54, 1.807) is 6.08 Å². The topological polar surface area (TPSA) is 105 Å². The number of rotatable bonds is 66. The maximum absolute atomic E-state index is 13.0. The molecule has 0 fully saturated rings. The Hall–Kier alpha value is -2.06. The molecule has 0 saturated heterocycles. The van der Waals surface area contributed by atoms with Gasteiger partial charge >= 0.3 is 7.82 Å². The minimum absolute atomic E-state index is 0.0568. The van der Waals surface area contributed by atoms with Crippen LogP contribution in [0.3, 0.4) is 0 Å². The van der Waals surface area contributed by atoms with Crippen LogP contribution in [0.1, 0.15) is 341 Å². The van der Waals surface area contributed by atoms with E-state index in [1.807, 2.05) is 27.2 Å². The van der Waals surface area contributed by atoms with Gasteiger partial charge in [0, 0.05) is 6.42 Å². The van der Waals surface area contributed by atoms with Crippen molar-refractivity contribution in [1.82, 2.24) is 5.32 Å². The number of nitrogens with zero attached hydrogens (tertiary/aromatic N) is 1. The van der Waals surface area contributed by atoms with Crippen LogP contribution < -0.4 is 5.32 Å². The monoisotopic (exact) mass is 1180 g/mol. The SMILES string of the molecule is CC/C=C\C/C=C\C/C=C\C/C=C\CCCCCCCCCCCCCCCCCCCCCCCCCCCCC(=O)NC(COP(=O)(O)OCC[N+](C)(C)C)C(O)/C=C/CC/C=C/CCCCCCCCCCCCCCCCCC. The fourth-order valence-corrected chi connectivity index (χ4v) is 11.4. The zero-order valence-corrected chi connectivity index (χ0v) is 56.6. The minimum Gasteiger partial charge on any atom is -0.387 e. The summed E-state index contributed by atoms with van der Waals surface area (Å²) in [5.74, 6) is -0.181. The van der Waals surface area contributed by atoms with Crippen molar-refractivity contribution in [3.05, 3.63) is 72.9 Å². The summed E-state index contributed by atoms with van der Waals surface area (Å²) in [4.78, 5) is 23.4. The molecule has 3 N–H and O–H groups in total. The van der Waals surface area contributed by atoms with Gasteiger partial charge in [0.1, 0.15) is 13.2 Å². The number of likely N-dealkylation sites (N-methyl/N-ethyl adjacent to an activating group) is 1. The molecule has 3 unspecified atom stereocenters. The lowest BCUT2D eigenvalue weighted by atomic mass is 10.0. The predicted molar refractivity (Wildman–Crippen MR) is 364 cm³/mol. The van der Waals surface area contributed by atoms with Gasteiger partial charge < -0.3 is 19.8 Å². The standard InChI is InChI=1S/C74H139N2O6P/c1-6-8-10-12-14-16-18-20-22-24-26-28-30-31-32-33-34-35-36-37-38-39-40-41-42-43-44-45-46-48-50-52-54-56-58-60-62-64-66-68-74(78)75-72(71-82-83(79,80)81-70-69-76(3,4)5)73(77)67-65-63-61-59-57-55-53-51-49-47-29-27-25-23-21-19-17-15-13-11-9-7-2/h8,10,14,16,20,22,26,28,57,59,65,67,72-73,77H,6-7,9,11-13,15,17-19,21,23-25,27,29-56,58,60-64,66,68-71H2,1-5H3,(H-,75,78,79,80)/p+1/b10-8-,16-14-,22-20-,28-26-,59-57+,67-65+. The number of allylic oxidation sites excluding steroid dienone is 11. The quantitative estimate of drug-likeness (QED) is 0.0243. The molecule has 8 nitrogen and oxygen atoms in total. The fourth-order valence-electron chi connectivity index (χ4n) is 10.6. The summed E-state index contributed by atoms with van der Waals surface area (Å²) in [7, 11) is 1.57. The summed E-state index contributed by atoms with van der Waals surface area (Å²) in [6, 6.07) is -0.865. The van der Waals surface area contributed by atoms with E-state index in [9.17, 15) is 19.4 Å². The number of phosphoric acid groups is 1. The van der Waals surface area contributed by atoms with Gasteiger partial charge in [-0.25, -0.2) is 4.57 Å². The molecule has 0 saturated carbocycles. The number of aliphatic hydroxyl groups excluding tert-OH is 1. The van der Waals surface area contributed by atoms with Crippen LogP contribution in [0.5, 0.6) is 0 Å². The molecule has 1 amide bonds. The number of hydrogen-bond donors (Lipinski definition) is 3. The normalized spacial score (nSPS) is 14.1. The van der Waals surface area contributed by atoms with Crippen molar-refractivity contribution in [1.29, 1.82) is 0 Å². The van der Waals surface area contributed by atoms with Crippen LogP contribution >= 0.6 is 7.82 Å². The smallest absolute Gasteiger partial charge is 0.387 e. The second-order valence-corrected chi connectivity index (χ2v) is 27.0. The van der Waals surface area contributed by atoms with Gasteiger partial charge in [-0.1, -0.05) is 337 Å². The van der Waals surface area contributed by atoms with Crippen molar-refractivity contribution >= 4 is 13.7 Å². The first-order valence-electron chi connectivity index (χ1n) is 35.8. The molecule has 486 valence electrons. The highest BCUT2D eigenvalue weighted by Gasteiger charge is 2.28. The van der Waals surface area contributed by atoms with Crippen LogP contribution in [-0.4, -0.2) is 73.4 Å². The molecule has 0 spiro atoms. The lowest BCUT2D eigenvalue weighted by molar-refractivity contribution is -0.870. The first-order valence-corrected chi connectivity index (χ1v) is 37.3. The zero-order valence-electron chi connectivity index (χ0n) is 55.7. The molecule has 83 heavy (non-hydrogen) atoms. The predicted octanol–water partition coefficient (Wildman–Crippen LogP) is 22.9. The van der Waals surface area contributed by atoms with E-state index >= 15 is 0 Å². The van der Waals surface area contributed by atoms with Crippen LogP contribution in [-0.2, 0) is 18.4 Å². The van der Waals surface area contributed by atoms with Crippen molar-refractivity contribution in [3.8, 4) is 0 Å². The zero-order chi connectivity index (χ0) is 60.5. The Morgan fingerprint density at radius 2 is 0.735 bits per heavy atom. The molecular weight excluding hydrogens is 1040 g/mol. The van der Waals surface area contributed by atoms with Crippen molar-refractivity contribution in [3.63, 3.8) is 0 Å². The molecule has 0 aromatic heterocycles. The van der Waals surface area contributed by atoms with Crippen LogP contribution in [0, 0.1) is 0 Å². The summed E-state index contributed by atoms with van der Waals surface area (Å²) in [5.41, 5.74) is 0. The molecular formula is C74H140N2O6P+. The summed E-state index contributed by atoms with van der Waals surface area (Å²) < 4.78 is 23.8. The number of quaternary nitrogens is 1. The Balaban J connectivity index is 3.97. The summed E-state index contributed by atoms with van der Waals surface area (Å²) >= 11 is 0. The molecule has 0 radical (unpaired) electrons. The van der Waals surface area contributed by atoms with E-state index in [2.05, 4.69) is 79.9 Å². The fraction of sp³-hybridized carbons (Fsp3) is 0.824. The van der Waals surface area contributed by atoms with Gasteiger partial charge in [-0.15, -0.1) is 0 Å². The van der Waals surface area contributed by atoms with Crippen LogP contribution in [0.2, 0.25) is 0 Å². The molecule has 0 rings (SSSR count). The third-order valence-electron chi connectivity index (χ3n) is 16.2. The Labute approximate surface area is 516 Å².